The molecular weight excluding hydrogens is 295 g/mol. The van der Waals surface area contributed by atoms with Crippen LogP contribution in [-0.4, -0.2) is 39.3 Å². The van der Waals surface area contributed by atoms with Crippen LogP contribution in [0.25, 0.3) is 0 Å². The molecule has 0 heterocycles. The lowest BCUT2D eigenvalue weighted by Crippen LogP contribution is -2.69. The maximum Gasteiger partial charge on any atom is 0.145 e. The number of alkyl halides is 1. The van der Waals surface area contributed by atoms with E-state index in [2.05, 4.69) is 6.92 Å². The number of fused-ring (bicyclic) bond motifs is 5. The van der Waals surface area contributed by atoms with Gasteiger partial charge in [-0.05, 0) is 74.5 Å². The highest BCUT2D eigenvalue weighted by molar-refractivity contribution is 5.20. The largest absolute Gasteiger partial charge is 0.393 e. The summed E-state index contributed by atoms with van der Waals surface area (Å²) >= 11 is 0. The molecule has 0 aliphatic heterocycles. The zero-order valence-corrected chi connectivity index (χ0v) is 14.3. The van der Waals surface area contributed by atoms with E-state index in [1.165, 1.54) is 0 Å². The van der Waals surface area contributed by atoms with Crippen molar-refractivity contribution in [1.82, 2.24) is 0 Å². The van der Waals surface area contributed by atoms with E-state index in [4.69, 9.17) is 0 Å². The Balaban J connectivity index is 1.75. The van der Waals surface area contributed by atoms with E-state index in [0.717, 1.165) is 25.7 Å². The molecule has 4 saturated carbocycles. The molecule has 0 spiro atoms. The Morgan fingerprint density at radius 2 is 1.57 bits per heavy atom. The van der Waals surface area contributed by atoms with E-state index in [1.807, 2.05) is 6.92 Å². The SMILES string of the molecule is C[C@]12C[C@H](O)[C@@]3(F)[C@@H](CC[C@H]4C[C@@H](O)CC[C@@]43C)[C@@H]1CC[C@@H]2O. The third-order valence-electron chi connectivity index (χ3n) is 8.66. The van der Waals surface area contributed by atoms with Crippen LogP contribution < -0.4 is 0 Å². The molecule has 4 aliphatic rings. The normalized spacial score (nSPS) is 62.3. The van der Waals surface area contributed by atoms with Gasteiger partial charge in [-0.2, -0.15) is 0 Å². The van der Waals surface area contributed by atoms with Crippen molar-refractivity contribution >= 4 is 0 Å². The van der Waals surface area contributed by atoms with Gasteiger partial charge in [0.05, 0.1) is 18.3 Å². The van der Waals surface area contributed by atoms with Gasteiger partial charge in [0, 0.05) is 5.41 Å². The van der Waals surface area contributed by atoms with Gasteiger partial charge in [0.2, 0.25) is 0 Å². The molecule has 3 N–H and O–H groups in total. The van der Waals surface area contributed by atoms with Gasteiger partial charge in [0.1, 0.15) is 5.67 Å². The number of rotatable bonds is 0. The molecule has 0 unspecified atom stereocenters. The summed E-state index contributed by atoms with van der Waals surface area (Å²) in [4.78, 5) is 0. The Kier molecular flexibility index (Phi) is 3.48. The van der Waals surface area contributed by atoms with Crippen molar-refractivity contribution in [2.24, 2.45) is 28.6 Å². The minimum atomic E-state index is -1.57. The van der Waals surface area contributed by atoms with Crippen molar-refractivity contribution in [3.8, 4) is 0 Å². The van der Waals surface area contributed by atoms with Gasteiger partial charge >= 0.3 is 0 Å². The number of halogens is 1. The van der Waals surface area contributed by atoms with Gasteiger partial charge < -0.3 is 15.3 Å². The predicted molar refractivity (Wildman–Crippen MR) is 85.5 cm³/mol. The summed E-state index contributed by atoms with van der Waals surface area (Å²) < 4.78 is 16.6. The first-order valence-electron chi connectivity index (χ1n) is 9.46. The van der Waals surface area contributed by atoms with Crippen LogP contribution in [0.4, 0.5) is 4.39 Å². The lowest BCUT2D eigenvalue weighted by atomic mass is 9.42. The molecule has 0 bridgehead atoms. The van der Waals surface area contributed by atoms with Gasteiger partial charge in [-0.25, -0.2) is 4.39 Å². The first-order chi connectivity index (χ1) is 10.7. The monoisotopic (exact) mass is 326 g/mol. The molecule has 3 nitrogen and oxygen atoms in total. The van der Waals surface area contributed by atoms with Crippen LogP contribution in [0, 0.1) is 28.6 Å². The molecule has 0 saturated heterocycles. The second-order valence-corrected chi connectivity index (χ2v) is 9.42. The minimum absolute atomic E-state index is 0.148. The van der Waals surface area contributed by atoms with Crippen molar-refractivity contribution in [3.05, 3.63) is 0 Å². The summed E-state index contributed by atoms with van der Waals surface area (Å²) in [6.45, 7) is 4.07. The van der Waals surface area contributed by atoms with Crippen LogP contribution in [0.5, 0.6) is 0 Å². The molecule has 0 radical (unpaired) electrons. The average molecular weight is 326 g/mol. The third-order valence-corrected chi connectivity index (χ3v) is 8.66. The maximum atomic E-state index is 16.6. The second kappa shape index (κ2) is 4.92. The Morgan fingerprint density at radius 3 is 2.30 bits per heavy atom. The zero-order chi connectivity index (χ0) is 16.6. The van der Waals surface area contributed by atoms with Crippen LogP contribution in [-0.2, 0) is 0 Å². The predicted octanol–water partition coefficient (Wildman–Crippen LogP) is 2.81. The summed E-state index contributed by atoms with van der Waals surface area (Å²) in [7, 11) is 0. The molecule has 0 aromatic carbocycles. The fourth-order valence-electron chi connectivity index (χ4n) is 7.21. The molecule has 132 valence electrons. The van der Waals surface area contributed by atoms with Crippen molar-refractivity contribution < 1.29 is 19.7 Å². The van der Waals surface area contributed by atoms with Crippen LogP contribution in [0.3, 0.4) is 0 Å². The molecule has 4 heteroatoms. The topological polar surface area (TPSA) is 60.7 Å². The Hall–Kier alpha value is -0.190. The minimum Gasteiger partial charge on any atom is -0.393 e. The molecule has 4 aliphatic carbocycles. The van der Waals surface area contributed by atoms with Crippen molar-refractivity contribution in [3.63, 3.8) is 0 Å². The van der Waals surface area contributed by atoms with Crippen molar-refractivity contribution in [1.29, 1.82) is 0 Å². The molecular formula is C19H31FO3. The van der Waals surface area contributed by atoms with Crippen LogP contribution in [0.2, 0.25) is 0 Å². The van der Waals surface area contributed by atoms with E-state index >= 15 is 4.39 Å². The fraction of sp³-hybridized carbons (Fsp3) is 1.00. The third kappa shape index (κ3) is 1.86. The van der Waals surface area contributed by atoms with E-state index in [0.29, 0.717) is 25.7 Å². The van der Waals surface area contributed by atoms with E-state index < -0.39 is 23.3 Å². The van der Waals surface area contributed by atoms with Gasteiger partial charge in [-0.3, -0.25) is 0 Å². The smallest absolute Gasteiger partial charge is 0.145 e. The zero-order valence-electron chi connectivity index (χ0n) is 14.3. The van der Waals surface area contributed by atoms with Crippen molar-refractivity contribution in [2.75, 3.05) is 0 Å². The number of aliphatic hydroxyl groups is 3. The summed E-state index contributed by atoms with van der Waals surface area (Å²) in [6.07, 6.45) is 3.97. The maximum absolute atomic E-state index is 16.6. The lowest BCUT2D eigenvalue weighted by Gasteiger charge is -2.65. The number of hydrogen-bond acceptors (Lipinski definition) is 3. The highest BCUT2D eigenvalue weighted by Crippen LogP contribution is 2.69. The van der Waals surface area contributed by atoms with Gasteiger partial charge in [-0.1, -0.05) is 13.8 Å². The lowest BCUT2D eigenvalue weighted by molar-refractivity contribution is -0.252. The molecule has 0 aromatic heterocycles. The molecule has 9 atom stereocenters. The van der Waals surface area contributed by atoms with E-state index in [1.54, 1.807) is 0 Å². The Labute approximate surface area is 138 Å². The number of hydrogen-bond donors (Lipinski definition) is 3. The Bertz CT molecular complexity index is 499. The van der Waals surface area contributed by atoms with E-state index in [-0.39, 0.29) is 29.3 Å². The van der Waals surface area contributed by atoms with Gasteiger partial charge in [-0.15, -0.1) is 0 Å². The Morgan fingerprint density at radius 1 is 0.870 bits per heavy atom. The highest BCUT2D eigenvalue weighted by atomic mass is 19.1. The summed E-state index contributed by atoms with van der Waals surface area (Å²) in [5.41, 5.74) is -2.44. The summed E-state index contributed by atoms with van der Waals surface area (Å²) in [5.74, 6) is 0.193. The standard InChI is InChI=1S/C19H31FO3/c1-17-10-16(23)19(20)14(13(17)5-6-15(17)22)4-3-11-9-12(21)7-8-18(11,19)2/h11-16,21-23H,3-10H2,1-2H3/t11-,12-,13-,14-,15-,16-,17-,18-,19-/m0/s1. The van der Waals surface area contributed by atoms with E-state index in [9.17, 15) is 15.3 Å². The first-order valence-corrected chi connectivity index (χ1v) is 9.46. The summed E-state index contributed by atoms with van der Waals surface area (Å²) in [5, 5.41) is 31.4. The molecule has 0 amide bonds. The highest BCUT2D eigenvalue weighted by Gasteiger charge is 2.71. The van der Waals surface area contributed by atoms with Crippen LogP contribution in [0.15, 0.2) is 0 Å². The van der Waals surface area contributed by atoms with Crippen LogP contribution >= 0.6 is 0 Å². The van der Waals surface area contributed by atoms with Crippen molar-refractivity contribution in [2.45, 2.75) is 89.2 Å². The van der Waals surface area contributed by atoms with Gasteiger partial charge in [0.15, 0.2) is 0 Å². The molecule has 23 heavy (non-hydrogen) atoms. The summed E-state index contributed by atoms with van der Waals surface area (Å²) in [6, 6.07) is 0. The van der Waals surface area contributed by atoms with Crippen LogP contribution in [0.1, 0.15) is 65.2 Å². The molecule has 4 fully saturated rings. The quantitative estimate of drug-likeness (QED) is 0.641. The molecule has 0 aromatic rings. The first kappa shape index (κ1) is 16.3. The fourth-order valence-corrected chi connectivity index (χ4v) is 7.21. The van der Waals surface area contributed by atoms with Gasteiger partial charge in [0.25, 0.3) is 0 Å². The second-order valence-electron chi connectivity index (χ2n) is 9.42. The number of aliphatic hydroxyl groups excluding tert-OH is 3. The average Bonchev–Trinajstić information content (AvgIpc) is 2.77. The molecule has 4 rings (SSSR count).